The summed E-state index contributed by atoms with van der Waals surface area (Å²) < 4.78 is 0. The first-order valence-electron chi connectivity index (χ1n) is 5.69. The van der Waals surface area contributed by atoms with Crippen molar-refractivity contribution >= 4 is 16.6 Å². The van der Waals surface area contributed by atoms with E-state index in [0.717, 1.165) is 5.39 Å². The Hall–Kier alpha value is -2.29. The highest BCUT2D eigenvalue weighted by Gasteiger charge is 2.11. The molecule has 0 radical (unpaired) electrons. The molecule has 0 saturated heterocycles. The Morgan fingerprint density at radius 2 is 1.89 bits per heavy atom. The smallest absolute Gasteiger partial charge is 0.191 e. The molecule has 0 unspecified atom stereocenters. The van der Waals surface area contributed by atoms with E-state index < -0.39 is 0 Å². The Balaban J connectivity index is 2.46. The zero-order valence-corrected chi connectivity index (χ0v) is 10.4. The van der Waals surface area contributed by atoms with Gasteiger partial charge in [-0.1, -0.05) is 30.3 Å². The van der Waals surface area contributed by atoms with E-state index >= 15 is 0 Å². The highest BCUT2D eigenvalue weighted by atomic mass is 16.3. The summed E-state index contributed by atoms with van der Waals surface area (Å²) in [5.41, 5.74) is 0.326. The van der Waals surface area contributed by atoms with Crippen LogP contribution in [0.5, 0.6) is 5.75 Å². The minimum absolute atomic E-state index is 0.0431. The van der Waals surface area contributed by atoms with E-state index in [4.69, 9.17) is 0 Å². The molecule has 0 aromatic heterocycles. The maximum Gasteiger partial charge on any atom is 0.191 e. The molecule has 92 valence electrons. The normalized spacial score (nSPS) is 11.0. The molecule has 0 aliphatic heterocycles. The lowest BCUT2D eigenvalue weighted by atomic mass is 10.0. The predicted molar refractivity (Wildman–Crippen MR) is 72.8 cm³/mol. The fraction of sp³-hybridized carbons (Fsp3) is 0.133. The van der Waals surface area contributed by atoms with Gasteiger partial charge in [-0.3, -0.25) is 4.79 Å². The standard InChI is InChI=1S/C15H15NO2/c1-16(2)10-9-14(17)13-8-7-11-5-3-4-6-12(11)15(13)18/h3-10,18H,1-2H3/b10-9+. The molecule has 3 heteroatoms. The predicted octanol–water partition coefficient (Wildman–Crippen LogP) is 2.80. The van der Waals surface area contributed by atoms with Crippen LogP contribution in [0.15, 0.2) is 48.7 Å². The van der Waals surface area contributed by atoms with Crippen molar-refractivity contribution < 1.29 is 9.90 Å². The van der Waals surface area contributed by atoms with Crippen molar-refractivity contribution in [3.05, 3.63) is 54.2 Å². The maximum atomic E-state index is 11.9. The van der Waals surface area contributed by atoms with Crippen molar-refractivity contribution in [2.45, 2.75) is 0 Å². The van der Waals surface area contributed by atoms with Crippen LogP contribution in [0, 0.1) is 0 Å². The Morgan fingerprint density at radius 3 is 2.61 bits per heavy atom. The highest BCUT2D eigenvalue weighted by molar-refractivity contribution is 6.10. The first-order valence-corrected chi connectivity index (χ1v) is 5.69. The number of allylic oxidation sites excluding steroid dienone is 1. The van der Waals surface area contributed by atoms with Crippen molar-refractivity contribution in [2.24, 2.45) is 0 Å². The molecule has 0 aliphatic rings. The largest absolute Gasteiger partial charge is 0.507 e. The molecule has 2 rings (SSSR count). The van der Waals surface area contributed by atoms with E-state index in [1.54, 1.807) is 23.2 Å². The molecule has 0 saturated carbocycles. The van der Waals surface area contributed by atoms with E-state index in [0.29, 0.717) is 10.9 Å². The molecular weight excluding hydrogens is 226 g/mol. The molecule has 0 atom stereocenters. The third kappa shape index (κ3) is 2.35. The van der Waals surface area contributed by atoms with Crippen molar-refractivity contribution in [2.75, 3.05) is 14.1 Å². The Bertz CT molecular complexity index is 615. The number of aromatic hydroxyl groups is 1. The van der Waals surface area contributed by atoms with Crippen molar-refractivity contribution in [3.63, 3.8) is 0 Å². The third-order valence-corrected chi connectivity index (χ3v) is 2.69. The van der Waals surface area contributed by atoms with Crippen LogP contribution in [0.2, 0.25) is 0 Å². The van der Waals surface area contributed by atoms with Crippen LogP contribution in [0.3, 0.4) is 0 Å². The molecular formula is C15H15NO2. The average Bonchev–Trinajstić information content (AvgIpc) is 2.37. The summed E-state index contributed by atoms with van der Waals surface area (Å²) in [6, 6.07) is 10.9. The Morgan fingerprint density at radius 1 is 1.17 bits per heavy atom. The van der Waals surface area contributed by atoms with Crippen LogP contribution >= 0.6 is 0 Å². The van der Waals surface area contributed by atoms with Gasteiger partial charge in [0.15, 0.2) is 5.78 Å². The third-order valence-electron chi connectivity index (χ3n) is 2.69. The SMILES string of the molecule is CN(C)/C=C/C(=O)c1ccc2ccccc2c1O. The number of ketones is 1. The number of benzene rings is 2. The number of hydrogen-bond acceptors (Lipinski definition) is 3. The van der Waals surface area contributed by atoms with Crippen LogP contribution < -0.4 is 0 Å². The van der Waals surface area contributed by atoms with Crippen LogP contribution in [0.25, 0.3) is 10.8 Å². The van der Waals surface area contributed by atoms with Crippen LogP contribution in [0.1, 0.15) is 10.4 Å². The van der Waals surface area contributed by atoms with Gasteiger partial charge in [-0.05, 0) is 11.5 Å². The highest BCUT2D eigenvalue weighted by Crippen LogP contribution is 2.28. The fourth-order valence-corrected chi connectivity index (χ4v) is 1.76. The molecule has 0 bridgehead atoms. The molecule has 0 heterocycles. The number of rotatable bonds is 3. The van der Waals surface area contributed by atoms with E-state index in [2.05, 4.69) is 0 Å². The van der Waals surface area contributed by atoms with Gasteiger partial charge in [-0.25, -0.2) is 0 Å². The van der Waals surface area contributed by atoms with Gasteiger partial charge < -0.3 is 10.0 Å². The summed E-state index contributed by atoms with van der Waals surface area (Å²) in [6.45, 7) is 0. The second-order valence-electron chi connectivity index (χ2n) is 4.33. The molecule has 0 aliphatic carbocycles. The molecule has 0 amide bonds. The zero-order chi connectivity index (χ0) is 13.1. The van der Waals surface area contributed by atoms with Crippen LogP contribution in [0.4, 0.5) is 0 Å². The maximum absolute atomic E-state index is 11.9. The minimum Gasteiger partial charge on any atom is -0.507 e. The second-order valence-corrected chi connectivity index (χ2v) is 4.33. The molecule has 2 aromatic rings. The molecule has 1 N–H and O–H groups in total. The van der Waals surface area contributed by atoms with Crippen molar-refractivity contribution in [1.29, 1.82) is 0 Å². The lowest BCUT2D eigenvalue weighted by Gasteiger charge is -2.06. The summed E-state index contributed by atoms with van der Waals surface area (Å²) in [5, 5.41) is 11.7. The van der Waals surface area contributed by atoms with Gasteiger partial charge in [0.2, 0.25) is 0 Å². The number of phenols is 1. The number of carbonyl (C=O) groups is 1. The number of hydrogen-bond donors (Lipinski definition) is 1. The molecule has 3 nitrogen and oxygen atoms in total. The number of fused-ring (bicyclic) bond motifs is 1. The number of carbonyl (C=O) groups excluding carboxylic acids is 1. The second kappa shape index (κ2) is 4.92. The van der Waals surface area contributed by atoms with Gasteiger partial charge in [0.05, 0.1) is 5.56 Å². The lowest BCUT2D eigenvalue weighted by molar-refractivity contribution is 0.104. The van der Waals surface area contributed by atoms with Gasteiger partial charge in [-0.15, -0.1) is 0 Å². The number of phenolic OH excluding ortho intramolecular Hbond substituents is 1. The van der Waals surface area contributed by atoms with E-state index in [1.807, 2.05) is 38.4 Å². The molecule has 18 heavy (non-hydrogen) atoms. The van der Waals surface area contributed by atoms with Crippen LogP contribution in [-0.4, -0.2) is 29.9 Å². The summed E-state index contributed by atoms with van der Waals surface area (Å²) in [5.74, 6) is -0.159. The molecule has 0 fully saturated rings. The number of nitrogens with zero attached hydrogens (tertiary/aromatic N) is 1. The summed E-state index contributed by atoms with van der Waals surface area (Å²) in [7, 11) is 3.67. The van der Waals surface area contributed by atoms with E-state index in [9.17, 15) is 9.90 Å². The fourth-order valence-electron chi connectivity index (χ4n) is 1.76. The first kappa shape index (κ1) is 12.2. The van der Waals surface area contributed by atoms with Crippen molar-refractivity contribution in [3.8, 4) is 5.75 Å². The summed E-state index contributed by atoms with van der Waals surface area (Å²) in [6.07, 6.45) is 3.11. The Labute approximate surface area is 106 Å². The summed E-state index contributed by atoms with van der Waals surface area (Å²) in [4.78, 5) is 13.7. The quantitative estimate of drug-likeness (QED) is 0.663. The van der Waals surface area contributed by atoms with Gasteiger partial charge in [0, 0.05) is 31.8 Å². The van der Waals surface area contributed by atoms with E-state index in [1.165, 1.54) is 6.08 Å². The zero-order valence-electron chi connectivity index (χ0n) is 10.4. The van der Waals surface area contributed by atoms with Gasteiger partial charge in [-0.2, -0.15) is 0 Å². The minimum atomic E-state index is -0.202. The molecule has 0 spiro atoms. The van der Waals surface area contributed by atoms with Crippen molar-refractivity contribution in [1.82, 2.24) is 4.90 Å². The van der Waals surface area contributed by atoms with Crippen LogP contribution in [-0.2, 0) is 0 Å². The average molecular weight is 241 g/mol. The monoisotopic (exact) mass is 241 g/mol. The van der Waals surface area contributed by atoms with E-state index in [-0.39, 0.29) is 11.5 Å². The lowest BCUT2D eigenvalue weighted by Crippen LogP contribution is -2.03. The van der Waals surface area contributed by atoms with Gasteiger partial charge >= 0.3 is 0 Å². The van der Waals surface area contributed by atoms with Gasteiger partial charge in [0.1, 0.15) is 5.75 Å². The van der Waals surface area contributed by atoms with Gasteiger partial charge in [0.25, 0.3) is 0 Å². The first-order chi connectivity index (χ1) is 8.59. The topological polar surface area (TPSA) is 40.5 Å². The molecule has 2 aromatic carbocycles. The summed E-state index contributed by atoms with van der Waals surface area (Å²) >= 11 is 0. The Kier molecular flexibility index (Phi) is 3.33.